The molecule has 1 aliphatic rings. The van der Waals surface area contributed by atoms with E-state index in [-0.39, 0.29) is 5.91 Å². The molecule has 3 N–H and O–H groups in total. The molecule has 5 heteroatoms. The Labute approximate surface area is 121 Å². The molecule has 0 bridgehead atoms. The minimum Gasteiger partial charge on any atom is -0.481 e. The van der Waals surface area contributed by atoms with Crippen LogP contribution in [0.3, 0.4) is 0 Å². The number of nitrogens with zero attached hydrogens (tertiary/aromatic N) is 1. The summed E-state index contributed by atoms with van der Waals surface area (Å²) in [5.74, 6) is -0.520. The number of amides is 1. The van der Waals surface area contributed by atoms with E-state index in [0.717, 1.165) is 12.8 Å². The fraction of sp³-hybridized carbons (Fsp3) is 0.867. The van der Waals surface area contributed by atoms with Gasteiger partial charge in [-0.25, -0.2) is 0 Å². The minimum absolute atomic E-state index is 0.0971. The number of aliphatic carboxylic acids is 1. The van der Waals surface area contributed by atoms with Gasteiger partial charge < -0.3 is 15.7 Å². The number of carboxylic acids is 1. The van der Waals surface area contributed by atoms with Crippen LogP contribution in [0.15, 0.2) is 0 Å². The molecule has 1 unspecified atom stereocenters. The van der Waals surface area contributed by atoms with Gasteiger partial charge >= 0.3 is 5.97 Å². The van der Waals surface area contributed by atoms with E-state index in [2.05, 4.69) is 0 Å². The van der Waals surface area contributed by atoms with Crippen LogP contribution < -0.4 is 5.73 Å². The van der Waals surface area contributed by atoms with Crippen molar-refractivity contribution in [2.24, 2.45) is 17.1 Å². The van der Waals surface area contributed by atoms with E-state index >= 15 is 0 Å². The number of nitrogens with two attached hydrogens (primary N) is 1. The van der Waals surface area contributed by atoms with E-state index in [4.69, 9.17) is 5.73 Å². The fourth-order valence-electron chi connectivity index (χ4n) is 3.13. The first-order valence-electron chi connectivity index (χ1n) is 7.60. The highest BCUT2D eigenvalue weighted by molar-refractivity contribution is 5.83. The van der Waals surface area contributed by atoms with Crippen molar-refractivity contribution in [1.82, 2.24) is 4.90 Å². The Morgan fingerprint density at radius 1 is 1.40 bits per heavy atom. The van der Waals surface area contributed by atoms with Crippen LogP contribution >= 0.6 is 0 Å². The lowest BCUT2D eigenvalue weighted by Gasteiger charge is -2.40. The predicted octanol–water partition coefficient (Wildman–Crippen LogP) is 1.85. The number of likely N-dealkylation sites (tertiary alicyclic amines) is 1. The second-order valence-corrected chi connectivity index (χ2v) is 6.43. The molecule has 1 aliphatic heterocycles. The molecule has 0 aromatic carbocycles. The van der Waals surface area contributed by atoms with E-state index < -0.39 is 17.4 Å². The summed E-state index contributed by atoms with van der Waals surface area (Å²) in [6, 6.07) is -0.513. The van der Waals surface area contributed by atoms with Crippen LogP contribution in [0.1, 0.15) is 52.9 Å². The molecule has 0 saturated carbocycles. The molecule has 1 rings (SSSR count). The van der Waals surface area contributed by atoms with Crippen LogP contribution in [0, 0.1) is 11.3 Å². The largest absolute Gasteiger partial charge is 0.481 e. The summed E-state index contributed by atoms with van der Waals surface area (Å²) in [4.78, 5) is 25.6. The molecule has 1 fully saturated rings. The molecule has 1 heterocycles. The van der Waals surface area contributed by atoms with Crippen molar-refractivity contribution in [3.05, 3.63) is 0 Å². The maximum atomic E-state index is 12.4. The van der Waals surface area contributed by atoms with Gasteiger partial charge in [0.2, 0.25) is 5.91 Å². The minimum atomic E-state index is -0.783. The van der Waals surface area contributed by atoms with Crippen LogP contribution in [0.4, 0.5) is 0 Å². The zero-order valence-electron chi connectivity index (χ0n) is 12.9. The highest BCUT2D eigenvalue weighted by Crippen LogP contribution is 2.35. The first-order valence-corrected chi connectivity index (χ1v) is 7.60. The summed E-state index contributed by atoms with van der Waals surface area (Å²) in [5, 5.41) is 9.53. The molecule has 2 atom stereocenters. The number of rotatable bonds is 6. The molecule has 1 amide bonds. The first kappa shape index (κ1) is 17.0. The summed E-state index contributed by atoms with van der Waals surface area (Å²) >= 11 is 0. The Kier molecular flexibility index (Phi) is 5.99. The van der Waals surface area contributed by atoms with Gasteiger partial charge in [0.1, 0.15) is 0 Å². The van der Waals surface area contributed by atoms with Gasteiger partial charge in [0, 0.05) is 13.1 Å². The third-order valence-electron chi connectivity index (χ3n) is 4.11. The van der Waals surface area contributed by atoms with E-state index in [9.17, 15) is 14.7 Å². The zero-order valence-corrected chi connectivity index (χ0v) is 12.9. The summed E-state index contributed by atoms with van der Waals surface area (Å²) in [7, 11) is 0. The first-order chi connectivity index (χ1) is 9.32. The van der Waals surface area contributed by atoms with Crippen LogP contribution in [0.25, 0.3) is 0 Å². The lowest BCUT2D eigenvalue weighted by Crippen LogP contribution is -2.54. The van der Waals surface area contributed by atoms with Crippen LogP contribution in [0.5, 0.6) is 0 Å². The molecular weight excluding hydrogens is 256 g/mol. The van der Waals surface area contributed by atoms with Gasteiger partial charge in [-0.2, -0.15) is 0 Å². The van der Waals surface area contributed by atoms with Gasteiger partial charge in [0.15, 0.2) is 0 Å². The highest BCUT2D eigenvalue weighted by Gasteiger charge is 2.43. The van der Waals surface area contributed by atoms with Crippen LogP contribution in [-0.2, 0) is 9.59 Å². The topological polar surface area (TPSA) is 83.6 Å². The quantitative estimate of drug-likeness (QED) is 0.779. The Morgan fingerprint density at radius 2 is 2.05 bits per heavy atom. The lowest BCUT2D eigenvalue weighted by molar-refractivity contribution is -0.156. The van der Waals surface area contributed by atoms with Crippen LogP contribution in [-0.4, -0.2) is 41.0 Å². The van der Waals surface area contributed by atoms with Gasteiger partial charge in [-0.3, -0.25) is 9.59 Å². The molecule has 5 nitrogen and oxygen atoms in total. The van der Waals surface area contributed by atoms with Crippen molar-refractivity contribution in [2.75, 3.05) is 13.1 Å². The number of piperidine rings is 1. The molecule has 116 valence electrons. The molecule has 20 heavy (non-hydrogen) atoms. The molecular formula is C15H28N2O3. The van der Waals surface area contributed by atoms with Crippen LogP contribution in [0.2, 0.25) is 0 Å². The van der Waals surface area contributed by atoms with Gasteiger partial charge in [-0.1, -0.05) is 27.2 Å². The Hall–Kier alpha value is -1.10. The highest BCUT2D eigenvalue weighted by atomic mass is 16.4. The molecule has 0 aromatic heterocycles. The molecule has 1 saturated heterocycles. The molecule has 0 radical (unpaired) electrons. The average Bonchev–Trinajstić information content (AvgIpc) is 2.37. The smallest absolute Gasteiger partial charge is 0.311 e. The Bertz CT molecular complexity index is 353. The summed E-state index contributed by atoms with van der Waals surface area (Å²) in [6.07, 6.45) is 3.47. The van der Waals surface area contributed by atoms with Crippen molar-refractivity contribution in [2.45, 2.75) is 58.9 Å². The molecule has 0 spiro atoms. The maximum Gasteiger partial charge on any atom is 0.311 e. The van der Waals surface area contributed by atoms with Crippen molar-refractivity contribution < 1.29 is 14.7 Å². The second kappa shape index (κ2) is 7.07. The lowest BCUT2D eigenvalue weighted by atomic mass is 9.76. The number of hydrogen-bond acceptors (Lipinski definition) is 3. The van der Waals surface area contributed by atoms with Gasteiger partial charge in [0.05, 0.1) is 11.5 Å². The molecule has 0 aliphatic carbocycles. The normalized spacial score (nSPS) is 24.8. The van der Waals surface area contributed by atoms with Crippen molar-refractivity contribution >= 4 is 11.9 Å². The third kappa shape index (κ3) is 3.95. The number of carbonyl (C=O) groups is 2. The number of carbonyl (C=O) groups excluding carboxylic acids is 1. The monoisotopic (exact) mass is 284 g/mol. The Balaban J connectivity index is 2.77. The molecule has 0 aromatic rings. The summed E-state index contributed by atoms with van der Waals surface area (Å²) in [5.41, 5.74) is 5.17. The average molecular weight is 284 g/mol. The predicted molar refractivity (Wildman–Crippen MR) is 78.2 cm³/mol. The van der Waals surface area contributed by atoms with Crippen molar-refractivity contribution in [3.8, 4) is 0 Å². The van der Waals surface area contributed by atoms with Gasteiger partial charge in [-0.15, -0.1) is 0 Å². The second-order valence-electron chi connectivity index (χ2n) is 6.43. The van der Waals surface area contributed by atoms with Crippen molar-refractivity contribution in [1.29, 1.82) is 0 Å². The summed E-state index contributed by atoms with van der Waals surface area (Å²) < 4.78 is 0. The fourth-order valence-corrected chi connectivity index (χ4v) is 3.13. The number of carboxylic acid groups (broad SMARTS) is 1. The van der Waals surface area contributed by atoms with E-state index in [1.165, 1.54) is 0 Å². The summed E-state index contributed by atoms with van der Waals surface area (Å²) in [6.45, 7) is 6.98. The Morgan fingerprint density at radius 3 is 2.55 bits per heavy atom. The van der Waals surface area contributed by atoms with Gasteiger partial charge in [-0.05, 0) is 31.6 Å². The standard InChI is InChI=1S/C15H28N2O3/c1-4-6-15(14(19)20)7-5-8-17(10-15)13(18)12(16)9-11(2)3/h11-12H,4-10,16H2,1-3H3,(H,19,20)/t12-,15?/m0/s1. The SMILES string of the molecule is CCCC1(C(=O)O)CCCN(C(=O)[C@@H](N)CC(C)C)C1. The number of hydrogen-bond donors (Lipinski definition) is 2. The van der Waals surface area contributed by atoms with E-state index in [0.29, 0.717) is 38.3 Å². The van der Waals surface area contributed by atoms with Crippen molar-refractivity contribution in [3.63, 3.8) is 0 Å². The van der Waals surface area contributed by atoms with E-state index in [1.54, 1.807) is 4.90 Å². The zero-order chi connectivity index (χ0) is 15.3. The maximum absolute atomic E-state index is 12.4. The van der Waals surface area contributed by atoms with Gasteiger partial charge in [0.25, 0.3) is 0 Å². The third-order valence-corrected chi connectivity index (χ3v) is 4.11. The van der Waals surface area contributed by atoms with E-state index in [1.807, 2.05) is 20.8 Å².